The van der Waals surface area contributed by atoms with Gasteiger partial charge in [0, 0.05) is 11.6 Å². The molecule has 0 saturated carbocycles. The van der Waals surface area contributed by atoms with Gasteiger partial charge in [0.25, 0.3) is 0 Å². The molecule has 2 unspecified atom stereocenters. The van der Waals surface area contributed by atoms with Crippen molar-refractivity contribution in [2.45, 2.75) is 45.2 Å². The molecule has 1 heterocycles. The van der Waals surface area contributed by atoms with E-state index in [-0.39, 0.29) is 18.0 Å². The topological polar surface area (TPSA) is 59.6 Å². The zero-order valence-corrected chi connectivity index (χ0v) is 15.6. The van der Waals surface area contributed by atoms with Gasteiger partial charge in [-0.15, -0.1) is 11.8 Å². The zero-order valence-electron chi connectivity index (χ0n) is 14.8. The molecule has 1 aliphatic rings. The number of carbonyl (C=O) groups excluding carboxylic acids is 1. The quantitative estimate of drug-likeness (QED) is 0.669. The summed E-state index contributed by atoms with van der Waals surface area (Å²) in [5.41, 5.74) is 1.01. The lowest BCUT2D eigenvalue weighted by atomic mass is 10.1. The Morgan fingerprint density at radius 3 is 2.92 bits per heavy atom. The predicted molar refractivity (Wildman–Crippen MR) is 98.8 cm³/mol. The smallest absolute Gasteiger partial charge is 0.238 e. The number of ether oxygens (including phenoxy) is 2. The van der Waals surface area contributed by atoms with Crippen LogP contribution < -0.4 is 20.1 Å². The average molecular weight is 353 g/mol. The van der Waals surface area contributed by atoms with E-state index in [0.29, 0.717) is 12.4 Å². The highest BCUT2D eigenvalue weighted by molar-refractivity contribution is 7.99. The highest BCUT2D eigenvalue weighted by Gasteiger charge is 2.24. The van der Waals surface area contributed by atoms with Gasteiger partial charge in [0.2, 0.25) is 5.91 Å². The highest BCUT2D eigenvalue weighted by atomic mass is 32.2. The van der Waals surface area contributed by atoms with Gasteiger partial charge in [-0.1, -0.05) is 25.8 Å². The van der Waals surface area contributed by atoms with Gasteiger partial charge < -0.3 is 14.8 Å². The van der Waals surface area contributed by atoms with Gasteiger partial charge in [-0.2, -0.15) is 0 Å². The van der Waals surface area contributed by atoms with Crippen molar-refractivity contribution < 1.29 is 14.3 Å². The number of methoxy groups -OCH3 is 1. The van der Waals surface area contributed by atoms with Gasteiger partial charge in [-0.25, -0.2) is 0 Å². The molecule has 1 fully saturated rings. The highest BCUT2D eigenvalue weighted by Crippen LogP contribution is 2.30. The van der Waals surface area contributed by atoms with Crippen molar-refractivity contribution in [3.8, 4) is 11.5 Å². The van der Waals surface area contributed by atoms with Crippen LogP contribution in [0.15, 0.2) is 18.2 Å². The Morgan fingerprint density at radius 2 is 2.25 bits per heavy atom. The minimum Gasteiger partial charge on any atom is -0.493 e. The molecule has 2 rings (SSSR count). The molecule has 2 N–H and O–H groups in total. The molecule has 0 radical (unpaired) electrons. The Labute approximate surface area is 148 Å². The van der Waals surface area contributed by atoms with E-state index in [2.05, 4.69) is 17.6 Å². The van der Waals surface area contributed by atoms with E-state index in [1.165, 1.54) is 6.42 Å². The van der Waals surface area contributed by atoms with E-state index in [1.807, 2.05) is 25.1 Å². The van der Waals surface area contributed by atoms with E-state index in [4.69, 9.17) is 9.47 Å². The van der Waals surface area contributed by atoms with E-state index in [0.717, 1.165) is 35.8 Å². The monoisotopic (exact) mass is 352 g/mol. The summed E-state index contributed by atoms with van der Waals surface area (Å²) in [5, 5.41) is 6.24. The molecule has 5 nitrogen and oxygen atoms in total. The Bertz CT molecular complexity index is 533. The standard InChI is InChI=1S/C18H28N2O3S/c1-4-5-6-9-23-16-8-7-14(10-17(16)22-3)13(2)20-18(21)15-11-24-12-19-15/h7-8,10,13,15,19H,4-6,9,11-12H2,1-3H3,(H,20,21). The summed E-state index contributed by atoms with van der Waals surface area (Å²) in [6.07, 6.45) is 3.38. The van der Waals surface area contributed by atoms with Gasteiger partial charge in [0.05, 0.1) is 25.8 Å². The van der Waals surface area contributed by atoms with Crippen molar-refractivity contribution >= 4 is 17.7 Å². The number of carbonyl (C=O) groups is 1. The summed E-state index contributed by atoms with van der Waals surface area (Å²) in [4.78, 5) is 12.2. The van der Waals surface area contributed by atoms with Crippen molar-refractivity contribution in [2.75, 3.05) is 25.3 Å². The molecule has 134 valence electrons. The van der Waals surface area contributed by atoms with Crippen LogP contribution in [0.3, 0.4) is 0 Å². The second-order valence-corrected chi connectivity index (χ2v) is 7.00. The van der Waals surface area contributed by atoms with Crippen molar-refractivity contribution in [2.24, 2.45) is 0 Å². The molecule has 1 saturated heterocycles. The largest absolute Gasteiger partial charge is 0.493 e. The van der Waals surface area contributed by atoms with Crippen LogP contribution in [0, 0.1) is 0 Å². The molecule has 1 amide bonds. The summed E-state index contributed by atoms with van der Waals surface area (Å²) in [6, 6.07) is 5.68. The number of amides is 1. The van der Waals surface area contributed by atoms with E-state index in [9.17, 15) is 4.79 Å². The Morgan fingerprint density at radius 1 is 1.42 bits per heavy atom. The summed E-state index contributed by atoms with van der Waals surface area (Å²) in [6.45, 7) is 4.85. The molecule has 0 spiro atoms. The first kappa shape index (κ1) is 18.9. The van der Waals surface area contributed by atoms with Crippen molar-refractivity contribution in [3.05, 3.63) is 23.8 Å². The maximum Gasteiger partial charge on any atom is 0.238 e. The number of unbranched alkanes of at least 4 members (excludes halogenated alkanes) is 2. The molecule has 0 aromatic heterocycles. The summed E-state index contributed by atoms with van der Waals surface area (Å²) in [5.74, 6) is 3.17. The SMILES string of the molecule is CCCCCOc1ccc(C(C)NC(=O)C2CSCN2)cc1OC. The summed E-state index contributed by atoms with van der Waals surface area (Å²) >= 11 is 1.74. The fourth-order valence-electron chi connectivity index (χ4n) is 2.57. The maximum absolute atomic E-state index is 12.2. The number of benzene rings is 1. The van der Waals surface area contributed by atoms with Gasteiger partial charge >= 0.3 is 0 Å². The molecule has 0 bridgehead atoms. The van der Waals surface area contributed by atoms with Crippen LogP contribution >= 0.6 is 11.8 Å². The Balaban J connectivity index is 1.95. The summed E-state index contributed by atoms with van der Waals surface area (Å²) < 4.78 is 11.2. The number of hydrogen-bond acceptors (Lipinski definition) is 5. The van der Waals surface area contributed by atoms with Gasteiger partial charge in [-0.05, 0) is 31.0 Å². The van der Waals surface area contributed by atoms with Crippen LogP contribution in [0.4, 0.5) is 0 Å². The molecule has 6 heteroatoms. The lowest BCUT2D eigenvalue weighted by Crippen LogP contribution is -2.42. The maximum atomic E-state index is 12.2. The van der Waals surface area contributed by atoms with Crippen LogP contribution in [0.1, 0.15) is 44.7 Å². The van der Waals surface area contributed by atoms with E-state index in [1.54, 1.807) is 18.9 Å². The minimum atomic E-state index is -0.0967. The third kappa shape index (κ3) is 5.31. The van der Waals surface area contributed by atoms with Gasteiger partial charge in [0.15, 0.2) is 11.5 Å². The van der Waals surface area contributed by atoms with Crippen LogP contribution in [-0.4, -0.2) is 37.3 Å². The van der Waals surface area contributed by atoms with E-state index >= 15 is 0 Å². The molecule has 0 aliphatic carbocycles. The number of nitrogens with one attached hydrogen (secondary N) is 2. The van der Waals surface area contributed by atoms with Crippen molar-refractivity contribution in [1.82, 2.24) is 10.6 Å². The van der Waals surface area contributed by atoms with Crippen molar-refractivity contribution in [3.63, 3.8) is 0 Å². The first-order valence-electron chi connectivity index (χ1n) is 8.58. The first-order chi connectivity index (χ1) is 11.7. The number of thioether (sulfide) groups is 1. The second kappa shape index (κ2) is 9.79. The van der Waals surface area contributed by atoms with Crippen LogP contribution in [0.2, 0.25) is 0 Å². The Hall–Kier alpha value is -1.40. The third-order valence-electron chi connectivity index (χ3n) is 4.08. The fraction of sp³-hybridized carbons (Fsp3) is 0.611. The molecular weight excluding hydrogens is 324 g/mol. The number of hydrogen-bond donors (Lipinski definition) is 2. The second-order valence-electron chi connectivity index (χ2n) is 5.97. The van der Waals surface area contributed by atoms with Gasteiger partial charge in [-0.3, -0.25) is 10.1 Å². The summed E-state index contributed by atoms with van der Waals surface area (Å²) in [7, 11) is 1.64. The minimum absolute atomic E-state index is 0.0476. The Kier molecular flexibility index (Phi) is 7.72. The lowest BCUT2D eigenvalue weighted by molar-refractivity contribution is -0.123. The fourth-order valence-corrected chi connectivity index (χ4v) is 3.51. The molecule has 1 aromatic rings. The first-order valence-corrected chi connectivity index (χ1v) is 9.73. The molecule has 2 atom stereocenters. The molecule has 24 heavy (non-hydrogen) atoms. The number of rotatable bonds is 9. The zero-order chi connectivity index (χ0) is 17.4. The molecular formula is C18H28N2O3S. The van der Waals surface area contributed by atoms with E-state index < -0.39 is 0 Å². The third-order valence-corrected chi connectivity index (χ3v) is 5.02. The molecule has 1 aliphatic heterocycles. The normalized spacial score (nSPS) is 18.2. The van der Waals surface area contributed by atoms with Crippen LogP contribution in [0.5, 0.6) is 11.5 Å². The van der Waals surface area contributed by atoms with Crippen LogP contribution in [-0.2, 0) is 4.79 Å². The molecule has 1 aromatic carbocycles. The van der Waals surface area contributed by atoms with Gasteiger partial charge in [0.1, 0.15) is 0 Å². The van der Waals surface area contributed by atoms with Crippen LogP contribution in [0.25, 0.3) is 0 Å². The lowest BCUT2D eigenvalue weighted by Gasteiger charge is -2.19. The van der Waals surface area contributed by atoms with Crippen molar-refractivity contribution in [1.29, 1.82) is 0 Å². The average Bonchev–Trinajstić information content (AvgIpc) is 3.13. The predicted octanol–water partition coefficient (Wildman–Crippen LogP) is 3.10.